The average Bonchev–Trinajstić information content (AvgIpc) is 2.42. The second-order valence-corrected chi connectivity index (χ2v) is 5.06. The molecule has 1 atom stereocenters. The van der Waals surface area contributed by atoms with Crippen molar-refractivity contribution in [3.63, 3.8) is 0 Å². The molecule has 0 aliphatic heterocycles. The normalized spacial score (nSPS) is 12.2. The Morgan fingerprint density at radius 1 is 1.28 bits per heavy atom. The van der Waals surface area contributed by atoms with Crippen LogP contribution in [-0.4, -0.2) is 19.1 Å². The number of hydrogen-bond acceptors (Lipinski definition) is 3. The number of aromatic nitrogens is 1. The van der Waals surface area contributed by atoms with Crippen LogP contribution in [-0.2, 0) is 0 Å². The Morgan fingerprint density at radius 2 is 2.06 bits per heavy atom. The Morgan fingerprint density at radius 3 is 2.72 bits per heavy atom. The van der Waals surface area contributed by atoms with Gasteiger partial charge in [0.15, 0.2) is 0 Å². The van der Waals surface area contributed by atoms with E-state index in [2.05, 4.69) is 51.1 Å². The third kappa shape index (κ3) is 2.81. The number of pyridine rings is 1. The van der Waals surface area contributed by atoms with Gasteiger partial charge in [-0.2, -0.15) is 0 Å². The summed E-state index contributed by atoms with van der Waals surface area (Å²) in [6.07, 6.45) is 3.58. The summed E-state index contributed by atoms with van der Waals surface area (Å²) in [5, 5.41) is 3.33. The van der Waals surface area contributed by atoms with E-state index in [0.29, 0.717) is 0 Å². The predicted octanol–water partition coefficient (Wildman–Crippen LogP) is 3.00. The molecule has 2 rings (SSSR count). The van der Waals surface area contributed by atoms with E-state index in [1.165, 1.54) is 9.13 Å². The molecule has 1 heterocycles. The summed E-state index contributed by atoms with van der Waals surface area (Å²) in [5.41, 5.74) is 2.34. The van der Waals surface area contributed by atoms with E-state index in [0.717, 1.165) is 11.3 Å². The summed E-state index contributed by atoms with van der Waals surface area (Å²) < 4.78 is 6.46. The molecule has 1 aromatic carbocycles. The molecule has 0 aliphatic rings. The van der Waals surface area contributed by atoms with Gasteiger partial charge >= 0.3 is 0 Å². The molecule has 2 aromatic rings. The van der Waals surface area contributed by atoms with E-state index in [1.807, 2.05) is 25.4 Å². The monoisotopic (exact) mass is 354 g/mol. The molecular formula is C14H15IN2O. The molecule has 0 radical (unpaired) electrons. The summed E-state index contributed by atoms with van der Waals surface area (Å²) >= 11 is 2.35. The largest absolute Gasteiger partial charge is 0.495 e. The van der Waals surface area contributed by atoms with E-state index in [-0.39, 0.29) is 6.04 Å². The molecule has 0 aliphatic carbocycles. The zero-order valence-corrected chi connectivity index (χ0v) is 12.5. The van der Waals surface area contributed by atoms with Crippen molar-refractivity contribution >= 4 is 22.6 Å². The van der Waals surface area contributed by atoms with Crippen LogP contribution in [0.2, 0.25) is 0 Å². The van der Waals surface area contributed by atoms with Gasteiger partial charge in [-0.3, -0.25) is 4.98 Å². The second-order valence-electron chi connectivity index (χ2n) is 3.90. The number of halogens is 1. The van der Waals surface area contributed by atoms with Crippen LogP contribution < -0.4 is 10.1 Å². The maximum absolute atomic E-state index is 5.22. The highest BCUT2D eigenvalue weighted by Crippen LogP contribution is 2.27. The van der Waals surface area contributed by atoms with Crippen LogP contribution >= 0.6 is 22.6 Å². The minimum atomic E-state index is 0.126. The second kappa shape index (κ2) is 6.15. The van der Waals surface area contributed by atoms with Crippen molar-refractivity contribution in [1.29, 1.82) is 0 Å². The van der Waals surface area contributed by atoms with Crippen LogP contribution in [0.5, 0.6) is 5.75 Å². The van der Waals surface area contributed by atoms with Crippen LogP contribution in [0.3, 0.4) is 0 Å². The van der Waals surface area contributed by atoms with E-state index in [9.17, 15) is 0 Å². The average molecular weight is 354 g/mol. The highest BCUT2D eigenvalue weighted by atomic mass is 127. The lowest BCUT2D eigenvalue weighted by Crippen LogP contribution is -2.18. The fourth-order valence-corrected chi connectivity index (χ4v) is 2.61. The molecule has 18 heavy (non-hydrogen) atoms. The zero-order chi connectivity index (χ0) is 13.0. The smallest absolute Gasteiger partial charge is 0.137 e. The molecule has 1 aromatic heterocycles. The Balaban J connectivity index is 2.42. The molecule has 0 fully saturated rings. The molecule has 94 valence electrons. The van der Waals surface area contributed by atoms with Crippen molar-refractivity contribution in [1.82, 2.24) is 10.3 Å². The first-order valence-electron chi connectivity index (χ1n) is 5.67. The minimum Gasteiger partial charge on any atom is -0.495 e. The molecule has 3 nitrogen and oxygen atoms in total. The van der Waals surface area contributed by atoms with Gasteiger partial charge in [-0.1, -0.05) is 18.2 Å². The van der Waals surface area contributed by atoms with Crippen LogP contribution in [0, 0.1) is 3.57 Å². The molecule has 1 unspecified atom stereocenters. The number of nitrogens with one attached hydrogen (secondary N) is 1. The number of ether oxygens (including phenoxy) is 1. The fraction of sp³-hybridized carbons (Fsp3) is 0.214. The van der Waals surface area contributed by atoms with Crippen LogP contribution in [0.25, 0.3) is 0 Å². The van der Waals surface area contributed by atoms with Gasteiger partial charge in [-0.25, -0.2) is 0 Å². The van der Waals surface area contributed by atoms with Crippen molar-refractivity contribution < 1.29 is 4.74 Å². The SMILES string of the molecule is CNC(c1cncc(OC)c1)c1ccccc1I. The highest BCUT2D eigenvalue weighted by molar-refractivity contribution is 14.1. The van der Waals surface area contributed by atoms with Crippen molar-refractivity contribution in [3.8, 4) is 5.75 Å². The molecule has 1 N–H and O–H groups in total. The number of methoxy groups -OCH3 is 1. The van der Waals surface area contributed by atoms with E-state index in [4.69, 9.17) is 4.74 Å². The quantitative estimate of drug-likeness (QED) is 0.858. The lowest BCUT2D eigenvalue weighted by Gasteiger charge is -2.18. The van der Waals surface area contributed by atoms with Gasteiger partial charge in [0.25, 0.3) is 0 Å². The van der Waals surface area contributed by atoms with Crippen LogP contribution in [0.15, 0.2) is 42.7 Å². The molecule has 4 heteroatoms. The summed E-state index contributed by atoms with van der Waals surface area (Å²) in [6, 6.07) is 10.5. The predicted molar refractivity (Wildman–Crippen MR) is 80.9 cm³/mol. The van der Waals surface area contributed by atoms with Crippen molar-refractivity contribution in [3.05, 3.63) is 57.4 Å². The maximum atomic E-state index is 5.22. The first-order valence-corrected chi connectivity index (χ1v) is 6.74. The Hall–Kier alpha value is -1.14. The fourth-order valence-electron chi connectivity index (χ4n) is 1.92. The highest BCUT2D eigenvalue weighted by Gasteiger charge is 2.15. The third-order valence-corrected chi connectivity index (χ3v) is 3.79. The van der Waals surface area contributed by atoms with Gasteiger partial charge in [0.2, 0.25) is 0 Å². The van der Waals surface area contributed by atoms with Crippen molar-refractivity contribution in [2.24, 2.45) is 0 Å². The number of benzene rings is 1. The Bertz CT molecular complexity index is 531. The van der Waals surface area contributed by atoms with E-state index in [1.54, 1.807) is 13.3 Å². The van der Waals surface area contributed by atoms with E-state index >= 15 is 0 Å². The molecular weight excluding hydrogens is 339 g/mol. The zero-order valence-electron chi connectivity index (χ0n) is 10.4. The molecule has 0 bridgehead atoms. The summed E-state index contributed by atoms with van der Waals surface area (Å²) in [7, 11) is 3.61. The van der Waals surface area contributed by atoms with Gasteiger partial charge in [0.1, 0.15) is 5.75 Å². The Kier molecular flexibility index (Phi) is 4.54. The van der Waals surface area contributed by atoms with Gasteiger partial charge in [0, 0.05) is 9.77 Å². The lowest BCUT2D eigenvalue weighted by molar-refractivity contribution is 0.411. The first-order chi connectivity index (χ1) is 8.76. The van der Waals surface area contributed by atoms with Gasteiger partial charge in [-0.05, 0) is 52.9 Å². The van der Waals surface area contributed by atoms with Crippen LogP contribution in [0.1, 0.15) is 17.2 Å². The maximum Gasteiger partial charge on any atom is 0.137 e. The molecule has 0 amide bonds. The van der Waals surface area contributed by atoms with Crippen LogP contribution in [0.4, 0.5) is 0 Å². The summed E-state index contributed by atoms with van der Waals surface area (Å²) in [6.45, 7) is 0. The van der Waals surface area contributed by atoms with Gasteiger partial charge < -0.3 is 10.1 Å². The van der Waals surface area contributed by atoms with Crippen molar-refractivity contribution in [2.45, 2.75) is 6.04 Å². The van der Waals surface area contributed by atoms with Gasteiger partial charge in [-0.15, -0.1) is 0 Å². The number of hydrogen-bond donors (Lipinski definition) is 1. The Labute approximate surface area is 121 Å². The van der Waals surface area contributed by atoms with Crippen molar-refractivity contribution in [2.75, 3.05) is 14.2 Å². The summed E-state index contributed by atoms with van der Waals surface area (Å²) in [4.78, 5) is 4.21. The standard InChI is InChI=1S/C14H15IN2O/c1-16-14(12-5-3-4-6-13(12)15)10-7-11(18-2)9-17-8-10/h3-9,14,16H,1-2H3. The molecule has 0 spiro atoms. The first kappa shape index (κ1) is 13.3. The molecule has 0 saturated carbocycles. The third-order valence-electron chi connectivity index (χ3n) is 2.81. The minimum absolute atomic E-state index is 0.126. The summed E-state index contributed by atoms with van der Waals surface area (Å²) in [5.74, 6) is 0.777. The number of nitrogens with zero attached hydrogens (tertiary/aromatic N) is 1. The molecule has 0 saturated heterocycles. The number of rotatable bonds is 4. The topological polar surface area (TPSA) is 34.2 Å². The van der Waals surface area contributed by atoms with Gasteiger partial charge in [0.05, 0.1) is 19.3 Å². The van der Waals surface area contributed by atoms with E-state index < -0.39 is 0 Å². The lowest BCUT2D eigenvalue weighted by atomic mass is 10.0.